The van der Waals surface area contributed by atoms with Gasteiger partial charge in [0.2, 0.25) is 11.8 Å². The fraction of sp³-hybridized carbons (Fsp3) is 0.522. The summed E-state index contributed by atoms with van der Waals surface area (Å²) in [5.74, 6) is -0.0474. The van der Waals surface area contributed by atoms with E-state index < -0.39 is 5.41 Å². The van der Waals surface area contributed by atoms with Crippen molar-refractivity contribution in [2.75, 3.05) is 5.32 Å². The van der Waals surface area contributed by atoms with Gasteiger partial charge in [0.05, 0.1) is 11.1 Å². The highest BCUT2D eigenvalue weighted by Crippen LogP contribution is 2.42. The van der Waals surface area contributed by atoms with Gasteiger partial charge >= 0.3 is 0 Å². The van der Waals surface area contributed by atoms with Crippen molar-refractivity contribution in [3.05, 3.63) is 34.2 Å². The van der Waals surface area contributed by atoms with Gasteiger partial charge in [0.1, 0.15) is 0 Å². The molecular formula is C23H29N3O2S. The van der Waals surface area contributed by atoms with Crippen LogP contribution in [0.5, 0.6) is 0 Å². The highest BCUT2D eigenvalue weighted by atomic mass is 32.1. The van der Waals surface area contributed by atoms with E-state index in [1.807, 2.05) is 5.38 Å². The number of aryl methyl sites for hydroxylation is 3. The summed E-state index contributed by atoms with van der Waals surface area (Å²) in [7, 11) is 0. The fourth-order valence-electron chi connectivity index (χ4n) is 4.27. The topological polar surface area (TPSA) is 71.1 Å². The number of benzene rings is 1. The molecule has 6 heteroatoms. The summed E-state index contributed by atoms with van der Waals surface area (Å²) in [6.45, 7) is 6.30. The van der Waals surface area contributed by atoms with Gasteiger partial charge in [0.25, 0.3) is 0 Å². The Bertz CT molecular complexity index is 940. The van der Waals surface area contributed by atoms with Crippen molar-refractivity contribution >= 4 is 28.3 Å². The molecule has 1 heterocycles. The predicted octanol–water partition coefficient (Wildman–Crippen LogP) is 4.90. The molecule has 2 amide bonds. The van der Waals surface area contributed by atoms with Gasteiger partial charge in [0.15, 0.2) is 5.13 Å². The lowest BCUT2D eigenvalue weighted by Gasteiger charge is -2.26. The first-order valence-corrected chi connectivity index (χ1v) is 11.4. The third kappa shape index (κ3) is 4.37. The molecule has 0 aliphatic heterocycles. The van der Waals surface area contributed by atoms with E-state index in [1.54, 1.807) is 0 Å². The first-order chi connectivity index (χ1) is 13.9. The molecule has 0 saturated heterocycles. The molecule has 29 heavy (non-hydrogen) atoms. The third-order valence-corrected chi connectivity index (χ3v) is 7.08. The molecule has 0 radical (unpaired) electrons. The lowest BCUT2D eigenvalue weighted by Crippen LogP contribution is -2.39. The Morgan fingerprint density at radius 2 is 1.79 bits per heavy atom. The van der Waals surface area contributed by atoms with E-state index in [-0.39, 0.29) is 18.2 Å². The number of nitrogens with zero attached hydrogens (tertiary/aromatic N) is 1. The molecule has 2 aliphatic carbocycles. The summed E-state index contributed by atoms with van der Waals surface area (Å²) in [4.78, 5) is 30.2. The molecule has 0 spiro atoms. The molecule has 0 bridgehead atoms. The summed E-state index contributed by atoms with van der Waals surface area (Å²) in [5, 5.41) is 8.66. The molecule has 1 aromatic carbocycles. The zero-order valence-electron chi connectivity index (χ0n) is 17.4. The van der Waals surface area contributed by atoms with Crippen LogP contribution in [0.4, 0.5) is 5.13 Å². The van der Waals surface area contributed by atoms with Crippen molar-refractivity contribution in [3.63, 3.8) is 0 Å². The standard InChI is InChI=1S/C23H29N3O2S/c1-14-10-16(3)18(11-15(14)2)19-13-29-22(25-19)26-21(28)23(8-4-5-9-23)12-20(27)24-17-6-7-17/h10-11,13,17H,4-9,12H2,1-3H3,(H,24,27)(H,25,26,28). The molecule has 0 unspecified atom stereocenters. The molecule has 0 atom stereocenters. The number of carbonyl (C=O) groups is 2. The Balaban J connectivity index is 1.49. The molecule has 2 aromatic rings. The first kappa shape index (κ1) is 20.1. The van der Waals surface area contributed by atoms with Crippen LogP contribution in [-0.4, -0.2) is 22.8 Å². The van der Waals surface area contributed by atoms with Crippen molar-refractivity contribution in [1.82, 2.24) is 10.3 Å². The van der Waals surface area contributed by atoms with E-state index in [0.717, 1.165) is 49.8 Å². The van der Waals surface area contributed by atoms with E-state index >= 15 is 0 Å². The zero-order valence-corrected chi connectivity index (χ0v) is 18.2. The Morgan fingerprint density at radius 3 is 2.48 bits per heavy atom. The van der Waals surface area contributed by atoms with E-state index in [2.05, 4.69) is 48.5 Å². The van der Waals surface area contributed by atoms with Gasteiger partial charge in [-0.3, -0.25) is 9.59 Å². The summed E-state index contributed by atoms with van der Waals surface area (Å²) in [6, 6.07) is 4.66. The highest BCUT2D eigenvalue weighted by molar-refractivity contribution is 7.14. The van der Waals surface area contributed by atoms with Crippen LogP contribution in [0.15, 0.2) is 17.5 Å². The number of carbonyl (C=O) groups excluding carboxylic acids is 2. The third-order valence-electron chi connectivity index (χ3n) is 6.33. The van der Waals surface area contributed by atoms with Crippen molar-refractivity contribution in [2.45, 2.75) is 71.8 Å². The van der Waals surface area contributed by atoms with Crippen molar-refractivity contribution < 1.29 is 9.59 Å². The number of rotatable bonds is 6. The van der Waals surface area contributed by atoms with E-state index in [9.17, 15) is 9.59 Å². The maximum atomic E-state index is 13.2. The van der Waals surface area contributed by atoms with Crippen molar-refractivity contribution in [2.24, 2.45) is 5.41 Å². The van der Waals surface area contributed by atoms with Gasteiger partial charge in [-0.2, -0.15) is 0 Å². The smallest absolute Gasteiger partial charge is 0.232 e. The molecule has 2 saturated carbocycles. The molecule has 1 aromatic heterocycles. The summed E-state index contributed by atoms with van der Waals surface area (Å²) >= 11 is 1.44. The van der Waals surface area contributed by atoms with Gasteiger partial charge in [0, 0.05) is 23.4 Å². The largest absolute Gasteiger partial charge is 0.353 e. The Morgan fingerprint density at radius 1 is 1.10 bits per heavy atom. The van der Waals surface area contributed by atoms with E-state index in [0.29, 0.717) is 11.2 Å². The van der Waals surface area contributed by atoms with Crippen LogP contribution in [0.3, 0.4) is 0 Å². The molecule has 2 fully saturated rings. The fourth-order valence-corrected chi connectivity index (χ4v) is 4.98. The Hall–Kier alpha value is -2.21. The Kier molecular flexibility index (Phi) is 5.47. The number of amides is 2. The number of thiazole rings is 1. The lowest BCUT2D eigenvalue weighted by molar-refractivity contribution is -0.132. The first-order valence-electron chi connectivity index (χ1n) is 10.5. The maximum Gasteiger partial charge on any atom is 0.232 e. The van der Waals surface area contributed by atoms with Gasteiger partial charge in [-0.05, 0) is 69.2 Å². The number of hydrogen-bond donors (Lipinski definition) is 2. The van der Waals surface area contributed by atoms with Gasteiger partial charge in [-0.25, -0.2) is 4.98 Å². The second-order valence-electron chi connectivity index (χ2n) is 8.75. The lowest BCUT2D eigenvalue weighted by atomic mass is 9.81. The predicted molar refractivity (Wildman–Crippen MR) is 117 cm³/mol. The van der Waals surface area contributed by atoms with Crippen LogP contribution in [0, 0.1) is 26.2 Å². The van der Waals surface area contributed by atoms with Gasteiger partial charge in [-0.1, -0.05) is 18.9 Å². The second-order valence-corrected chi connectivity index (χ2v) is 9.61. The maximum absolute atomic E-state index is 13.2. The quantitative estimate of drug-likeness (QED) is 0.710. The highest BCUT2D eigenvalue weighted by Gasteiger charge is 2.43. The normalized spacial score (nSPS) is 17.9. The SMILES string of the molecule is Cc1cc(C)c(-c2csc(NC(=O)C3(CC(=O)NC4CC4)CCCC3)n2)cc1C. The summed E-state index contributed by atoms with van der Waals surface area (Å²) in [5.41, 5.74) is 5.07. The second kappa shape index (κ2) is 7.90. The van der Waals surface area contributed by atoms with E-state index in [1.165, 1.54) is 28.0 Å². The van der Waals surface area contributed by atoms with Crippen LogP contribution in [0.25, 0.3) is 11.3 Å². The molecular weight excluding hydrogens is 382 g/mol. The van der Waals surface area contributed by atoms with Gasteiger partial charge in [-0.15, -0.1) is 11.3 Å². The number of anilines is 1. The van der Waals surface area contributed by atoms with Crippen LogP contribution in [-0.2, 0) is 9.59 Å². The number of nitrogens with one attached hydrogen (secondary N) is 2. The number of aromatic nitrogens is 1. The minimum Gasteiger partial charge on any atom is -0.353 e. The van der Waals surface area contributed by atoms with E-state index in [4.69, 9.17) is 0 Å². The van der Waals surface area contributed by atoms with Crippen LogP contribution in [0.1, 0.15) is 61.6 Å². The molecule has 2 N–H and O–H groups in total. The average Bonchev–Trinajstić information content (AvgIpc) is 3.15. The average molecular weight is 412 g/mol. The monoisotopic (exact) mass is 411 g/mol. The number of hydrogen-bond acceptors (Lipinski definition) is 4. The Labute approximate surface area is 176 Å². The zero-order chi connectivity index (χ0) is 20.6. The van der Waals surface area contributed by atoms with Crippen molar-refractivity contribution in [3.8, 4) is 11.3 Å². The van der Waals surface area contributed by atoms with Crippen LogP contribution < -0.4 is 10.6 Å². The summed E-state index contributed by atoms with van der Waals surface area (Å²) in [6.07, 6.45) is 5.93. The van der Waals surface area contributed by atoms with Gasteiger partial charge < -0.3 is 10.6 Å². The molecule has 154 valence electrons. The van der Waals surface area contributed by atoms with Crippen molar-refractivity contribution in [1.29, 1.82) is 0 Å². The molecule has 5 nitrogen and oxygen atoms in total. The minimum atomic E-state index is -0.596. The van der Waals surface area contributed by atoms with Crippen LogP contribution >= 0.6 is 11.3 Å². The summed E-state index contributed by atoms with van der Waals surface area (Å²) < 4.78 is 0. The molecule has 2 aliphatic rings. The van der Waals surface area contributed by atoms with Crippen LogP contribution in [0.2, 0.25) is 0 Å². The molecule has 4 rings (SSSR count). The minimum absolute atomic E-state index is 0.00938.